The van der Waals surface area contributed by atoms with Gasteiger partial charge in [0.15, 0.2) is 0 Å². The van der Waals surface area contributed by atoms with Crippen LogP contribution in [0.15, 0.2) is 18.2 Å². The van der Waals surface area contributed by atoms with Gasteiger partial charge in [0.05, 0.1) is 24.4 Å². The first kappa shape index (κ1) is 25.4. The Morgan fingerprint density at radius 1 is 1.14 bits per heavy atom. The van der Waals surface area contributed by atoms with Crippen LogP contribution in [0.5, 0.6) is 5.75 Å². The summed E-state index contributed by atoms with van der Waals surface area (Å²) < 4.78 is 10.7. The third kappa shape index (κ3) is 7.29. The van der Waals surface area contributed by atoms with Gasteiger partial charge in [0.1, 0.15) is 11.9 Å². The molecule has 2 amide bonds. The third-order valence-corrected chi connectivity index (χ3v) is 4.54. The number of benzene rings is 1. The molecule has 1 N–H and O–H groups in total. The number of ether oxygens (including phenoxy) is 2. The van der Waals surface area contributed by atoms with Crippen LogP contribution in [0.1, 0.15) is 50.4 Å². The number of carbonyl (C=O) groups is 3. The number of anilines is 1. The van der Waals surface area contributed by atoms with Crippen molar-refractivity contribution in [2.24, 2.45) is 0 Å². The van der Waals surface area contributed by atoms with E-state index in [4.69, 9.17) is 9.47 Å². The number of carboxylic acid groups (broad SMARTS) is 1. The van der Waals surface area contributed by atoms with E-state index in [1.807, 2.05) is 6.92 Å². The van der Waals surface area contributed by atoms with Gasteiger partial charge in [-0.3, -0.25) is 9.59 Å². The molecule has 1 fully saturated rings. The first-order valence-electron chi connectivity index (χ1n) is 9.56. The number of carboxylic acids is 1. The van der Waals surface area contributed by atoms with Crippen LogP contribution in [0.4, 0.5) is 5.69 Å². The summed E-state index contributed by atoms with van der Waals surface area (Å²) in [6, 6.07) is 4.90. The number of aliphatic carboxylic acids is 1. The first-order chi connectivity index (χ1) is 13.3. The maximum Gasteiger partial charge on any atom is 1.00 e. The van der Waals surface area contributed by atoms with Gasteiger partial charge in [-0.2, -0.15) is 0 Å². The van der Waals surface area contributed by atoms with E-state index >= 15 is 0 Å². The predicted octanol–water partition coefficient (Wildman–Crippen LogP) is -1.80. The topological polar surface area (TPSA) is 108 Å². The second-order valence-corrected chi connectivity index (χ2v) is 6.73. The summed E-state index contributed by atoms with van der Waals surface area (Å²) in [5.41, 5.74) is 0.795. The molecule has 29 heavy (non-hydrogen) atoms. The van der Waals surface area contributed by atoms with Gasteiger partial charge in [-0.1, -0.05) is 0 Å². The average Bonchev–Trinajstić information content (AvgIpc) is 2.69. The number of hydrogen-bond acceptors (Lipinski definition) is 6. The second kappa shape index (κ2) is 12.2. The van der Waals surface area contributed by atoms with E-state index in [2.05, 4.69) is 5.32 Å². The van der Waals surface area contributed by atoms with Crippen molar-refractivity contribution in [2.45, 2.75) is 52.2 Å². The van der Waals surface area contributed by atoms with Crippen molar-refractivity contribution in [3.05, 3.63) is 23.8 Å². The predicted molar refractivity (Wildman–Crippen MR) is 101 cm³/mol. The van der Waals surface area contributed by atoms with Crippen molar-refractivity contribution in [2.75, 3.05) is 25.0 Å². The molecule has 154 valence electrons. The molecule has 2 atom stereocenters. The zero-order valence-corrected chi connectivity index (χ0v) is 19.5. The number of carbonyl (C=O) groups excluding carboxylic acids is 3. The Labute approximate surface area is 193 Å². The Kier molecular flexibility index (Phi) is 10.7. The zero-order chi connectivity index (χ0) is 20.7. The molecule has 9 heteroatoms. The number of nitrogens with zero attached hydrogens (tertiary/aromatic N) is 1. The van der Waals surface area contributed by atoms with Gasteiger partial charge in [-0.25, -0.2) is 0 Å². The summed E-state index contributed by atoms with van der Waals surface area (Å²) in [5, 5.41) is 13.5. The third-order valence-electron chi connectivity index (χ3n) is 4.54. The van der Waals surface area contributed by atoms with Crippen molar-refractivity contribution < 1.29 is 58.5 Å². The molecule has 0 spiro atoms. The molecule has 2 rings (SSSR count). The van der Waals surface area contributed by atoms with Crippen LogP contribution >= 0.6 is 0 Å². The van der Waals surface area contributed by atoms with Gasteiger partial charge < -0.3 is 29.6 Å². The van der Waals surface area contributed by atoms with E-state index in [9.17, 15) is 19.5 Å². The summed E-state index contributed by atoms with van der Waals surface area (Å²) >= 11 is 0. The van der Waals surface area contributed by atoms with Gasteiger partial charge in [0.25, 0.3) is 11.8 Å². The van der Waals surface area contributed by atoms with Crippen molar-refractivity contribution in [3.8, 4) is 5.75 Å². The van der Waals surface area contributed by atoms with Crippen molar-refractivity contribution >= 4 is 23.5 Å². The summed E-state index contributed by atoms with van der Waals surface area (Å²) in [6.45, 7) is 6.38. The molecule has 1 heterocycles. The van der Waals surface area contributed by atoms with E-state index < -0.39 is 24.1 Å². The molecule has 0 saturated carbocycles. The molecule has 0 radical (unpaired) electrons. The average molecular weight is 414 g/mol. The molecular weight excluding hydrogens is 387 g/mol. The molecule has 1 aromatic rings. The van der Waals surface area contributed by atoms with Gasteiger partial charge in [-0.05, 0) is 58.2 Å². The largest absolute Gasteiger partial charge is 1.00 e. The Morgan fingerprint density at radius 3 is 2.38 bits per heavy atom. The van der Waals surface area contributed by atoms with Crippen molar-refractivity contribution in [3.63, 3.8) is 0 Å². The van der Waals surface area contributed by atoms with Gasteiger partial charge >= 0.3 is 29.6 Å². The summed E-state index contributed by atoms with van der Waals surface area (Å²) in [6.07, 6.45) is 0.842. The number of nitrogens with one attached hydrogen (secondary N) is 1. The SMILES string of the molecule is CCOc1ccc(C(=O)N2CCCCC2)cc1NC(=O)C(C)OC(C)C(=O)[O-].[Na+]. The van der Waals surface area contributed by atoms with E-state index in [0.717, 1.165) is 32.4 Å². The van der Waals surface area contributed by atoms with Crippen LogP contribution in [0, 0.1) is 0 Å². The minimum absolute atomic E-state index is 0. The number of hydrogen-bond donors (Lipinski definition) is 1. The minimum Gasteiger partial charge on any atom is -0.547 e. The van der Waals surface area contributed by atoms with Gasteiger partial charge in [0, 0.05) is 18.7 Å². The Hall–Kier alpha value is -1.61. The van der Waals surface area contributed by atoms with Crippen LogP contribution in [0.2, 0.25) is 0 Å². The van der Waals surface area contributed by atoms with Crippen LogP contribution < -0.4 is 44.7 Å². The fourth-order valence-corrected chi connectivity index (χ4v) is 2.98. The molecule has 2 unspecified atom stereocenters. The Balaban J connectivity index is 0.00000420. The molecule has 1 aliphatic heterocycles. The number of likely N-dealkylation sites (tertiary alicyclic amines) is 1. The summed E-state index contributed by atoms with van der Waals surface area (Å²) in [7, 11) is 0. The molecule has 0 aliphatic carbocycles. The molecule has 1 saturated heterocycles. The minimum atomic E-state index is -1.40. The molecule has 0 bridgehead atoms. The molecule has 1 aliphatic rings. The molecule has 1 aromatic carbocycles. The van der Waals surface area contributed by atoms with Crippen LogP contribution in [-0.2, 0) is 14.3 Å². The van der Waals surface area contributed by atoms with E-state index in [1.165, 1.54) is 13.8 Å². The second-order valence-electron chi connectivity index (χ2n) is 6.73. The van der Waals surface area contributed by atoms with E-state index in [-0.39, 0.29) is 35.5 Å². The fourth-order valence-electron chi connectivity index (χ4n) is 2.98. The quantitative estimate of drug-likeness (QED) is 0.503. The normalized spacial score (nSPS) is 15.6. The number of amides is 2. The Bertz CT molecular complexity index is 721. The van der Waals surface area contributed by atoms with Crippen molar-refractivity contribution in [1.29, 1.82) is 0 Å². The standard InChI is InChI=1S/C20H28N2O6.Na/c1-4-27-17-9-8-15(19(24)22-10-6-5-7-11-22)12-16(17)21-18(23)13(2)28-14(3)20(25)26;/h8-9,12-14H,4-7,10-11H2,1-3H3,(H,21,23)(H,25,26);/q;+1/p-1. The smallest absolute Gasteiger partial charge is 0.547 e. The summed E-state index contributed by atoms with van der Waals surface area (Å²) in [4.78, 5) is 37.7. The van der Waals surface area contributed by atoms with Crippen LogP contribution in [0.3, 0.4) is 0 Å². The maximum atomic E-state index is 12.7. The van der Waals surface area contributed by atoms with Crippen LogP contribution in [-0.4, -0.2) is 54.6 Å². The number of rotatable bonds is 8. The molecule has 8 nitrogen and oxygen atoms in total. The maximum absolute atomic E-state index is 12.7. The molecular formula is C20H27N2NaO6. The summed E-state index contributed by atoms with van der Waals surface area (Å²) in [5.74, 6) is -1.61. The van der Waals surface area contributed by atoms with E-state index in [0.29, 0.717) is 23.6 Å². The fraction of sp³-hybridized carbons (Fsp3) is 0.550. The van der Waals surface area contributed by atoms with Gasteiger partial charge in [0.2, 0.25) is 0 Å². The van der Waals surface area contributed by atoms with Crippen LogP contribution in [0.25, 0.3) is 0 Å². The monoisotopic (exact) mass is 414 g/mol. The number of piperidine rings is 1. The zero-order valence-electron chi connectivity index (χ0n) is 17.5. The van der Waals surface area contributed by atoms with E-state index in [1.54, 1.807) is 23.1 Å². The van der Waals surface area contributed by atoms with Crippen molar-refractivity contribution in [1.82, 2.24) is 4.90 Å². The van der Waals surface area contributed by atoms with Gasteiger partial charge in [-0.15, -0.1) is 0 Å². The first-order valence-corrected chi connectivity index (χ1v) is 9.56. The Morgan fingerprint density at radius 2 is 1.79 bits per heavy atom. The molecule has 0 aromatic heterocycles.